The summed E-state index contributed by atoms with van der Waals surface area (Å²) in [6.07, 6.45) is 7.13. The van der Waals surface area contributed by atoms with Gasteiger partial charge in [0.1, 0.15) is 5.01 Å². The Hall–Kier alpha value is -1.21. The van der Waals surface area contributed by atoms with Gasteiger partial charge in [0.05, 0.1) is 12.1 Å². The fourth-order valence-electron chi connectivity index (χ4n) is 2.84. The van der Waals surface area contributed by atoms with Crippen molar-refractivity contribution >= 4 is 42.1 Å². The number of hydrogen-bond acceptors (Lipinski definition) is 5. The maximum atomic E-state index is 12.5. The van der Waals surface area contributed by atoms with Gasteiger partial charge in [-0.1, -0.05) is 0 Å². The number of nitrogens with zero attached hydrogens (tertiary/aromatic N) is 3. The van der Waals surface area contributed by atoms with Crippen LogP contribution in [0.15, 0.2) is 29.9 Å². The maximum absolute atomic E-state index is 12.5. The van der Waals surface area contributed by atoms with Gasteiger partial charge < -0.3 is 10.6 Å². The Labute approximate surface area is 158 Å². The number of piperidine rings is 1. The fraction of sp³-hybridized carbons (Fsp3) is 0.438. The van der Waals surface area contributed by atoms with Crippen LogP contribution in [0, 0.1) is 0 Å². The number of nitrogens with two attached hydrogens (primary N) is 1. The van der Waals surface area contributed by atoms with Gasteiger partial charge in [-0.25, -0.2) is 4.98 Å². The maximum Gasteiger partial charge on any atom is 0.228 e. The molecule has 1 saturated heterocycles. The van der Waals surface area contributed by atoms with Crippen LogP contribution < -0.4 is 5.73 Å². The molecule has 3 rings (SSSR count). The highest BCUT2D eigenvalue weighted by Crippen LogP contribution is 2.24. The van der Waals surface area contributed by atoms with Crippen molar-refractivity contribution in [1.29, 1.82) is 0 Å². The van der Waals surface area contributed by atoms with E-state index in [1.807, 2.05) is 22.4 Å². The minimum atomic E-state index is 0. The van der Waals surface area contributed by atoms with Gasteiger partial charge in [-0.05, 0) is 31.4 Å². The third-order valence-corrected chi connectivity index (χ3v) is 4.95. The first kappa shape index (κ1) is 20.8. The fourth-order valence-corrected chi connectivity index (χ4v) is 3.65. The molecule has 8 heteroatoms. The van der Waals surface area contributed by atoms with Gasteiger partial charge in [0.25, 0.3) is 0 Å². The van der Waals surface area contributed by atoms with E-state index in [-0.39, 0.29) is 36.8 Å². The average Bonchev–Trinajstić information content (AvgIpc) is 3.04. The van der Waals surface area contributed by atoms with Crippen molar-refractivity contribution in [2.24, 2.45) is 5.73 Å². The lowest BCUT2D eigenvalue weighted by Gasteiger charge is -2.35. The summed E-state index contributed by atoms with van der Waals surface area (Å²) >= 11 is 1.55. The molecule has 3 heterocycles. The number of aromatic nitrogens is 2. The molecule has 1 atom stereocenters. The molecule has 0 saturated carbocycles. The van der Waals surface area contributed by atoms with Crippen molar-refractivity contribution in [1.82, 2.24) is 14.9 Å². The molecule has 1 amide bonds. The summed E-state index contributed by atoms with van der Waals surface area (Å²) in [5.74, 6) is 0.137. The molecule has 0 radical (unpaired) electrons. The van der Waals surface area contributed by atoms with E-state index in [1.165, 1.54) is 0 Å². The largest absolute Gasteiger partial charge is 0.338 e. The zero-order valence-electron chi connectivity index (χ0n) is 13.3. The van der Waals surface area contributed by atoms with E-state index in [2.05, 4.69) is 9.97 Å². The molecule has 0 aromatic carbocycles. The van der Waals surface area contributed by atoms with Crippen LogP contribution >= 0.6 is 36.2 Å². The first-order valence-corrected chi connectivity index (χ1v) is 8.50. The highest BCUT2D eigenvalue weighted by Gasteiger charge is 2.25. The molecule has 2 N–H and O–H groups in total. The van der Waals surface area contributed by atoms with E-state index >= 15 is 0 Å². The number of hydrogen-bond donors (Lipinski definition) is 1. The van der Waals surface area contributed by atoms with Gasteiger partial charge in [-0.2, -0.15) is 0 Å². The zero-order valence-corrected chi connectivity index (χ0v) is 15.7. The van der Waals surface area contributed by atoms with E-state index in [4.69, 9.17) is 5.73 Å². The lowest BCUT2D eigenvalue weighted by Crippen LogP contribution is -2.48. The van der Waals surface area contributed by atoms with Crippen molar-refractivity contribution < 1.29 is 4.79 Å². The predicted octanol–water partition coefficient (Wildman–Crippen LogP) is 2.93. The predicted molar refractivity (Wildman–Crippen MR) is 102 cm³/mol. The highest BCUT2D eigenvalue weighted by atomic mass is 35.5. The lowest BCUT2D eigenvalue weighted by molar-refractivity contribution is -0.133. The van der Waals surface area contributed by atoms with Crippen LogP contribution in [0.3, 0.4) is 0 Å². The Bertz CT molecular complexity index is 638. The van der Waals surface area contributed by atoms with Gasteiger partial charge >= 0.3 is 0 Å². The van der Waals surface area contributed by atoms with Crippen molar-refractivity contribution in [3.05, 3.63) is 35.6 Å². The number of carbonyl (C=O) groups excluding carboxylic acids is 1. The molecule has 24 heavy (non-hydrogen) atoms. The number of likely N-dealkylation sites (tertiary alicyclic amines) is 1. The summed E-state index contributed by atoms with van der Waals surface area (Å²) in [5, 5.41) is 2.87. The van der Waals surface area contributed by atoms with Gasteiger partial charge in [-0.15, -0.1) is 36.2 Å². The minimum absolute atomic E-state index is 0. The zero-order chi connectivity index (χ0) is 15.4. The van der Waals surface area contributed by atoms with Gasteiger partial charge in [-0.3, -0.25) is 9.78 Å². The molecule has 2 aromatic heterocycles. The molecule has 1 unspecified atom stereocenters. The van der Waals surface area contributed by atoms with Crippen LogP contribution in [0.4, 0.5) is 0 Å². The Morgan fingerprint density at radius 3 is 2.92 bits per heavy atom. The Morgan fingerprint density at radius 2 is 2.21 bits per heavy atom. The quantitative estimate of drug-likeness (QED) is 0.873. The van der Waals surface area contributed by atoms with E-state index in [0.717, 1.165) is 42.1 Å². The SMILES string of the molecule is Cl.Cl.NCC1CCCCN1C(=O)Cc1csc(-c2cccnc2)n1. The summed E-state index contributed by atoms with van der Waals surface area (Å²) in [6, 6.07) is 4.06. The van der Waals surface area contributed by atoms with Crippen LogP contribution in [0.2, 0.25) is 0 Å². The molecule has 1 aliphatic rings. The minimum Gasteiger partial charge on any atom is -0.338 e. The van der Waals surface area contributed by atoms with E-state index in [1.54, 1.807) is 23.7 Å². The Balaban J connectivity index is 0.00000144. The topological polar surface area (TPSA) is 72.1 Å². The standard InChI is InChI=1S/C16H20N4OS.2ClH/c17-9-14-5-1-2-7-20(14)15(21)8-13-11-22-16(19-13)12-4-3-6-18-10-12;;/h3-4,6,10-11,14H,1-2,5,7-9,17H2;2*1H. The van der Waals surface area contributed by atoms with Crippen LogP contribution in [0.1, 0.15) is 25.0 Å². The first-order valence-electron chi connectivity index (χ1n) is 7.62. The number of pyridine rings is 1. The van der Waals surface area contributed by atoms with Crippen LogP contribution in [0.5, 0.6) is 0 Å². The van der Waals surface area contributed by atoms with Crippen LogP contribution in [0.25, 0.3) is 10.6 Å². The summed E-state index contributed by atoms with van der Waals surface area (Å²) < 4.78 is 0. The lowest BCUT2D eigenvalue weighted by atomic mass is 10.0. The number of carbonyl (C=O) groups is 1. The van der Waals surface area contributed by atoms with E-state index < -0.39 is 0 Å². The summed E-state index contributed by atoms with van der Waals surface area (Å²) in [5.41, 5.74) is 7.61. The first-order chi connectivity index (χ1) is 10.8. The van der Waals surface area contributed by atoms with Crippen LogP contribution in [-0.4, -0.2) is 39.9 Å². The molecule has 132 valence electrons. The number of thiazole rings is 1. The summed E-state index contributed by atoms with van der Waals surface area (Å²) in [7, 11) is 0. The molecule has 2 aromatic rings. The van der Waals surface area contributed by atoms with Crippen molar-refractivity contribution in [2.75, 3.05) is 13.1 Å². The van der Waals surface area contributed by atoms with E-state index in [9.17, 15) is 4.79 Å². The number of rotatable bonds is 4. The van der Waals surface area contributed by atoms with Crippen molar-refractivity contribution in [3.63, 3.8) is 0 Å². The van der Waals surface area contributed by atoms with E-state index in [0.29, 0.717) is 13.0 Å². The third kappa shape index (κ3) is 4.89. The second kappa shape index (κ2) is 9.93. The molecule has 0 aliphatic carbocycles. The number of halogens is 2. The van der Waals surface area contributed by atoms with Crippen LogP contribution in [-0.2, 0) is 11.2 Å². The Kier molecular flexibility index (Phi) is 8.62. The number of amides is 1. The molecular weight excluding hydrogens is 367 g/mol. The molecular formula is C16H22Cl2N4OS. The monoisotopic (exact) mass is 388 g/mol. The normalized spacial score (nSPS) is 16.9. The molecule has 1 aliphatic heterocycles. The second-order valence-electron chi connectivity index (χ2n) is 5.53. The van der Waals surface area contributed by atoms with Crippen molar-refractivity contribution in [2.45, 2.75) is 31.7 Å². The summed E-state index contributed by atoms with van der Waals surface area (Å²) in [6.45, 7) is 1.37. The molecule has 0 spiro atoms. The Morgan fingerprint density at radius 1 is 1.38 bits per heavy atom. The summed E-state index contributed by atoms with van der Waals surface area (Å²) in [4.78, 5) is 23.1. The van der Waals surface area contributed by atoms with Gasteiger partial charge in [0.15, 0.2) is 0 Å². The molecule has 5 nitrogen and oxygen atoms in total. The van der Waals surface area contributed by atoms with Gasteiger partial charge in [0.2, 0.25) is 5.91 Å². The highest BCUT2D eigenvalue weighted by molar-refractivity contribution is 7.13. The molecule has 0 bridgehead atoms. The smallest absolute Gasteiger partial charge is 0.228 e. The third-order valence-electron chi connectivity index (χ3n) is 4.01. The molecule has 1 fully saturated rings. The van der Waals surface area contributed by atoms with Crippen molar-refractivity contribution in [3.8, 4) is 10.6 Å². The second-order valence-corrected chi connectivity index (χ2v) is 6.39. The van der Waals surface area contributed by atoms with Gasteiger partial charge in [0, 0.05) is 42.5 Å². The average molecular weight is 389 g/mol.